The van der Waals surface area contributed by atoms with E-state index in [1.54, 1.807) is 0 Å². The van der Waals surface area contributed by atoms with Crippen LogP contribution < -0.4 is 0 Å². The van der Waals surface area contributed by atoms with Crippen LogP contribution in [0.2, 0.25) is 0 Å². The second-order valence-corrected chi connectivity index (χ2v) is 32.9. The van der Waals surface area contributed by atoms with E-state index in [4.69, 9.17) is 32.3 Å². The van der Waals surface area contributed by atoms with Gasteiger partial charge in [0.2, 0.25) is 0 Å². The first-order valence-corrected chi connectivity index (χ1v) is 48.7. The van der Waals surface area contributed by atoms with Crippen molar-refractivity contribution in [3.63, 3.8) is 0 Å². The van der Waals surface area contributed by atoms with Gasteiger partial charge in [-0.1, -0.05) is 376 Å². The predicted molar refractivity (Wildman–Crippen MR) is 491 cm³/mol. The molecule has 0 saturated heterocycles. The van der Waals surface area contributed by atoms with Crippen LogP contribution >= 0.6 is 15.6 Å². The number of carbonyl (C=O) groups excluding carboxylic acids is 3. The standard InChI is InChI=1S/C99H164O16P2/c1-4-7-10-13-16-19-22-25-28-31-33-35-37-39-41-43-45-46-48-50-51-53-55-57-59-62-64-67-70-73-76-79-82-85-97(102)109-88-94(100)89-111-116(105,106)112-90-95(101)91-113-117(107,108)114-93-96(115-99(104)87-84-81-78-75-72-69-66-61-30-27-24-21-18-15-12-9-6-3)92-110-98(103)86-83-80-77-74-71-68-65-63-60-58-56-54-52-49-47-44-42-40-38-36-34-32-29-26-23-20-17-14-11-8-5-2/h7-12,16-21,25-30,33-36,39-42,47,49,66,69,75,78,94-96,100-101H,4-6,13-15,22-24,31-32,37-38,43-46,48,50-65,67-68,70-74,76-77,79-93H2,1-3H3,(H,105,106)(H,107,108)/b10-7-,11-8-,12-9-,19-16-,20-17-,21-18-,28-25-,29-26-,30-27-,35-33-,36-34-,41-39-,42-40-,49-47-,69-66-,78-75-. The SMILES string of the molecule is CC/C=C\C/C=C\C/C=C\C/C=C\C/C=C\C/C=C\CCCCCCCCCCCCCCC(=O)OCC(COP(=O)(O)OCC(O)COP(=O)(O)OCC(O)COC(=O)CCCCCCCCCCCCCCCCCCC/C=C\C/C=C\C/C=C\C/C=C\C/C=C\CC)OC(=O)CCC/C=C\C/C=C\C/C=C\C/C=C\C/C=C\CC. The van der Waals surface area contributed by atoms with Crippen LogP contribution in [-0.4, -0.2) is 95.9 Å². The molecule has 0 rings (SSSR count). The quantitative estimate of drug-likeness (QED) is 0.0146. The van der Waals surface area contributed by atoms with Crippen molar-refractivity contribution in [2.75, 3.05) is 39.6 Å². The maximum Gasteiger partial charge on any atom is 0.472 e. The Bertz CT molecular complexity index is 2910. The third kappa shape index (κ3) is 91.0. The van der Waals surface area contributed by atoms with Crippen LogP contribution in [0.3, 0.4) is 0 Å². The largest absolute Gasteiger partial charge is 0.472 e. The maximum absolute atomic E-state index is 13.0. The van der Waals surface area contributed by atoms with Gasteiger partial charge in [0.25, 0.3) is 0 Å². The van der Waals surface area contributed by atoms with Gasteiger partial charge in [0.1, 0.15) is 25.4 Å². The minimum atomic E-state index is -4.96. The molecule has 0 aromatic heterocycles. The van der Waals surface area contributed by atoms with Crippen LogP contribution in [0.4, 0.5) is 0 Å². The topological polar surface area (TPSA) is 231 Å². The molecule has 0 aliphatic heterocycles. The van der Waals surface area contributed by atoms with Gasteiger partial charge in [-0.2, -0.15) is 0 Å². The van der Waals surface area contributed by atoms with Crippen molar-refractivity contribution in [1.82, 2.24) is 0 Å². The summed E-state index contributed by atoms with van der Waals surface area (Å²) < 4.78 is 61.3. The van der Waals surface area contributed by atoms with Crippen molar-refractivity contribution >= 4 is 33.6 Å². The highest BCUT2D eigenvalue weighted by molar-refractivity contribution is 7.47. The number of aliphatic hydroxyl groups is 2. The number of rotatable bonds is 85. The van der Waals surface area contributed by atoms with Gasteiger partial charge in [0.05, 0.1) is 26.4 Å². The molecule has 666 valence electrons. The average Bonchev–Trinajstić information content (AvgIpc) is 0.894. The number of unbranched alkanes of at least 4 members (excludes halogenated alkanes) is 30. The van der Waals surface area contributed by atoms with Crippen molar-refractivity contribution < 1.29 is 75.8 Å². The van der Waals surface area contributed by atoms with E-state index in [0.717, 1.165) is 154 Å². The Morgan fingerprint density at radius 1 is 0.239 bits per heavy atom. The van der Waals surface area contributed by atoms with E-state index in [-0.39, 0.29) is 19.3 Å². The van der Waals surface area contributed by atoms with Gasteiger partial charge >= 0.3 is 33.6 Å². The van der Waals surface area contributed by atoms with Crippen LogP contribution in [0, 0.1) is 0 Å². The molecule has 18 heteroatoms. The Hall–Kier alpha value is -5.61. The minimum Gasteiger partial charge on any atom is -0.463 e. The zero-order valence-corrected chi connectivity index (χ0v) is 75.1. The Morgan fingerprint density at radius 3 is 0.701 bits per heavy atom. The number of hydrogen-bond acceptors (Lipinski definition) is 14. The molecule has 5 atom stereocenters. The number of hydrogen-bond donors (Lipinski definition) is 4. The fourth-order valence-electron chi connectivity index (χ4n) is 12.0. The molecule has 0 aliphatic rings. The molecule has 0 amide bonds. The Balaban J connectivity index is 4.53. The second-order valence-electron chi connectivity index (χ2n) is 30.0. The first-order chi connectivity index (χ1) is 57.2. The Morgan fingerprint density at radius 2 is 0.436 bits per heavy atom. The summed E-state index contributed by atoms with van der Waals surface area (Å²) in [5.74, 6) is -1.65. The van der Waals surface area contributed by atoms with Gasteiger partial charge in [-0.25, -0.2) is 9.13 Å². The number of esters is 3. The number of phosphoric ester groups is 2. The van der Waals surface area contributed by atoms with Crippen molar-refractivity contribution in [2.24, 2.45) is 0 Å². The van der Waals surface area contributed by atoms with Crippen molar-refractivity contribution in [1.29, 1.82) is 0 Å². The van der Waals surface area contributed by atoms with Gasteiger partial charge in [-0.3, -0.25) is 32.5 Å². The number of ether oxygens (including phenoxy) is 3. The molecule has 4 N–H and O–H groups in total. The normalized spacial score (nSPS) is 14.7. The summed E-state index contributed by atoms with van der Waals surface area (Å²) in [6.45, 7) is 2.29. The molecule has 0 bridgehead atoms. The fourth-order valence-corrected chi connectivity index (χ4v) is 13.6. The molecule has 0 aliphatic carbocycles. The lowest BCUT2D eigenvalue weighted by Gasteiger charge is -2.21. The third-order valence-electron chi connectivity index (χ3n) is 18.8. The van der Waals surface area contributed by atoms with Gasteiger partial charge in [-0.05, 0) is 154 Å². The first-order valence-electron chi connectivity index (χ1n) is 45.7. The Labute approximate surface area is 712 Å². The van der Waals surface area contributed by atoms with E-state index in [1.165, 1.54) is 135 Å². The van der Waals surface area contributed by atoms with Crippen LogP contribution in [0.5, 0.6) is 0 Å². The van der Waals surface area contributed by atoms with Crippen LogP contribution in [0.25, 0.3) is 0 Å². The fraction of sp³-hybridized carbons (Fsp3) is 0.646. The van der Waals surface area contributed by atoms with Gasteiger partial charge < -0.3 is 34.2 Å². The molecule has 0 radical (unpaired) electrons. The van der Waals surface area contributed by atoms with E-state index in [0.29, 0.717) is 25.7 Å². The summed E-state index contributed by atoms with van der Waals surface area (Å²) in [4.78, 5) is 58.9. The number of allylic oxidation sites excluding steroid dienone is 32. The number of phosphoric acid groups is 2. The molecular weight excluding hydrogens is 1510 g/mol. The highest BCUT2D eigenvalue weighted by Gasteiger charge is 2.29. The molecule has 0 aromatic carbocycles. The van der Waals surface area contributed by atoms with Gasteiger partial charge in [0, 0.05) is 19.3 Å². The molecule has 5 unspecified atom stereocenters. The smallest absolute Gasteiger partial charge is 0.463 e. The lowest BCUT2D eigenvalue weighted by molar-refractivity contribution is -0.161. The van der Waals surface area contributed by atoms with Crippen LogP contribution in [-0.2, 0) is 55.8 Å². The molecule has 0 saturated carbocycles. The van der Waals surface area contributed by atoms with Crippen LogP contribution in [0.1, 0.15) is 355 Å². The van der Waals surface area contributed by atoms with E-state index >= 15 is 0 Å². The van der Waals surface area contributed by atoms with E-state index in [9.17, 15) is 43.5 Å². The Kier molecular flexibility index (Phi) is 85.3. The molecule has 0 spiro atoms. The monoisotopic (exact) mass is 1670 g/mol. The molecule has 0 aromatic rings. The summed E-state index contributed by atoms with van der Waals surface area (Å²) in [7, 11) is -9.83. The molecular formula is C99H164O16P2. The molecule has 0 heterocycles. The van der Waals surface area contributed by atoms with Gasteiger partial charge in [-0.15, -0.1) is 0 Å². The van der Waals surface area contributed by atoms with E-state index < -0.39 is 91.5 Å². The summed E-state index contributed by atoms with van der Waals surface area (Å²) in [5.41, 5.74) is 0. The molecule has 0 fully saturated rings. The summed E-state index contributed by atoms with van der Waals surface area (Å²) in [5, 5.41) is 20.7. The lowest BCUT2D eigenvalue weighted by atomic mass is 10.0. The highest BCUT2D eigenvalue weighted by atomic mass is 31.2. The third-order valence-corrected chi connectivity index (χ3v) is 20.7. The average molecular weight is 1670 g/mol. The van der Waals surface area contributed by atoms with E-state index in [2.05, 4.69) is 203 Å². The van der Waals surface area contributed by atoms with E-state index in [1.807, 2.05) is 12.2 Å². The van der Waals surface area contributed by atoms with Crippen molar-refractivity contribution in [3.05, 3.63) is 194 Å². The summed E-state index contributed by atoms with van der Waals surface area (Å²) in [6.07, 6.45) is 119. The molecule has 117 heavy (non-hydrogen) atoms. The van der Waals surface area contributed by atoms with Crippen LogP contribution in [0.15, 0.2) is 194 Å². The lowest BCUT2D eigenvalue weighted by Crippen LogP contribution is -2.30. The van der Waals surface area contributed by atoms with Gasteiger partial charge in [0.15, 0.2) is 6.10 Å². The predicted octanol–water partition coefficient (Wildman–Crippen LogP) is 28.2. The zero-order valence-electron chi connectivity index (χ0n) is 73.3. The first kappa shape index (κ1) is 111. The maximum atomic E-state index is 13.0. The van der Waals surface area contributed by atoms with Crippen molar-refractivity contribution in [2.45, 2.75) is 373 Å². The highest BCUT2D eigenvalue weighted by Crippen LogP contribution is 2.45. The number of aliphatic hydroxyl groups excluding tert-OH is 2. The summed E-state index contributed by atoms with van der Waals surface area (Å²) >= 11 is 0. The van der Waals surface area contributed by atoms with Crippen molar-refractivity contribution in [3.8, 4) is 0 Å². The second kappa shape index (κ2) is 89.6. The minimum absolute atomic E-state index is 0.0206. The zero-order chi connectivity index (χ0) is 85.1. The molecule has 16 nitrogen and oxygen atoms in total. The summed E-state index contributed by atoms with van der Waals surface area (Å²) in [6, 6.07) is 0. The number of carbonyl (C=O) groups is 3.